The van der Waals surface area contributed by atoms with E-state index >= 15 is 0 Å². The number of carbonyl (C=O) groups excluding carboxylic acids is 1. The predicted molar refractivity (Wildman–Crippen MR) is 188 cm³/mol. The molecule has 5 heterocycles. The Morgan fingerprint density at radius 2 is 1.41 bits per heavy atom. The number of aromatic nitrogens is 5. The van der Waals surface area contributed by atoms with Crippen molar-refractivity contribution < 1.29 is 9.36 Å². The fourth-order valence-corrected chi connectivity index (χ4v) is 4.81. The number of para-hydroxylation sites is 2. The van der Waals surface area contributed by atoms with Crippen LogP contribution in [0.4, 0.5) is 5.69 Å². The van der Waals surface area contributed by atoms with Crippen molar-refractivity contribution in [1.29, 1.82) is 0 Å². The van der Waals surface area contributed by atoms with Crippen molar-refractivity contribution in [2.75, 3.05) is 5.32 Å². The lowest BCUT2D eigenvalue weighted by Crippen LogP contribution is -2.06. The molecule has 0 radical (unpaired) electrons. The smallest absolute Gasteiger partial charge is 0.339 e. The Morgan fingerprint density at radius 3 is 2.14 bits per heavy atom. The van der Waals surface area contributed by atoms with E-state index in [1.54, 1.807) is 6.20 Å². The highest BCUT2D eigenvalue weighted by Crippen LogP contribution is 2.61. The summed E-state index contributed by atoms with van der Waals surface area (Å²) in [6, 6.07) is 22.0. The van der Waals surface area contributed by atoms with Gasteiger partial charge in [-0.25, -0.2) is 9.97 Å². The Bertz CT molecular complexity index is 2100. The number of hydrogen-bond acceptors (Lipinski definition) is 5. The first-order chi connectivity index (χ1) is 20.1. The molecule has 0 saturated carbocycles. The third-order valence-electron chi connectivity index (χ3n) is 6.43. The zero-order chi connectivity index (χ0) is 29.9. The van der Waals surface area contributed by atoms with Crippen LogP contribution in [0.1, 0.15) is 27.5 Å². The molecule has 12 heteroatoms. The van der Waals surface area contributed by atoms with Crippen LogP contribution in [0.3, 0.4) is 0 Å². The van der Waals surface area contributed by atoms with Gasteiger partial charge in [0.15, 0.2) is 0 Å². The lowest BCUT2D eigenvalue weighted by Gasteiger charge is -2.10. The van der Waals surface area contributed by atoms with E-state index in [4.69, 9.17) is 4.98 Å². The second-order valence-electron chi connectivity index (χ2n) is 9.23. The number of pyridine rings is 2. The molecule has 0 aliphatic heterocycles. The Labute approximate surface area is 269 Å². The zero-order valence-corrected chi connectivity index (χ0v) is 25.6. The van der Waals surface area contributed by atoms with Gasteiger partial charge in [-0.1, -0.05) is 51.3 Å². The maximum absolute atomic E-state index is 11.3. The van der Waals surface area contributed by atoms with Gasteiger partial charge in [-0.2, -0.15) is 0 Å². The maximum Gasteiger partial charge on any atom is 0.339 e. The van der Waals surface area contributed by atoms with E-state index in [9.17, 15) is 9.36 Å². The predicted octanol–water partition coefficient (Wildman–Crippen LogP) is 10.8. The lowest BCUT2D eigenvalue weighted by atomic mass is 10.0. The number of halogens is 3. The standard InChI is InChI=1S/C15H13N3O.C15H11N3.2CH4.Cl3OP/c1-10(19)18-14-5-3-2-4-12(14)11-6-8-16-15-13(11)7-9-17-15;1-9-12-8-17-15-14(12)11(6-7-16-15)10-4-2-3-5-13(10)18-9;;;1-5(2,3)4/h2-9H,1H3,(H,16,17)(H,18,19);2-8H,1H3,(H,16,17);2*1H4;. The molecular formula is C32H32Cl3N6O2P. The molecule has 3 N–H and O–H groups in total. The van der Waals surface area contributed by atoms with Gasteiger partial charge in [0.2, 0.25) is 5.91 Å². The highest BCUT2D eigenvalue weighted by molar-refractivity contribution is 8.24. The molecule has 0 atom stereocenters. The van der Waals surface area contributed by atoms with Crippen molar-refractivity contribution in [1.82, 2.24) is 24.9 Å². The van der Waals surface area contributed by atoms with Crippen molar-refractivity contribution in [3.05, 3.63) is 97.2 Å². The molecule has 7 aromatic rings. The Morgan fingerprint density at radius 1 is 0.773 bits per heavy atom. The van der Waals surface area contributed by atoms with E-state index in [-0.39, 0.29) is 20.8 Å². The first-order valence-electron chi connectivity index (χ1n) is 12.7. The SMILES string of the molecule is C.C.CC(=O)Nc1ccccc1-c1ccnc2[nH]ccc12.Cc1nc2ccccc2c2cc[nH]c3ncc1c32.O=P(Cl)(Cl)Cl. The normalized spacial score (nSPS) is 10.7. The maximum atomic E-state index is 11.3. The average molecular weight is 670 g/mol. The number of aromatic amines is 2. The number of aryl methyl sites for hydroxylation is 1. The molecule has 0 aliphatic carbocycles. The summed E-state index contributed by atoms with van der Waals surface area (Å²) in [5, 5.41) is 5.34. The molecule has 2 aromatic carbocycles. The number of amides is 1. The minimum Gasteiger partial charge on any atom is -0.346 e. The minimum absolute atomic E-state index is 0. The van der Waals surface area contributed by atoms with Gasteiger partial charge >= 0.3 is 5.20 Å². The first kappa shape index (κ1) is 34.5. The summed E-state index contributed by atoms with van der Waals surface area (Å²) < 4.78 is 9.51. The molecule has 0 aliphatic rings. The van der Waals surface area contributed by atoms with Gasteiger partial charge in [-0.3, -0.25) is 14.3 Å². The van der Waals surface area contributed by atoms with E-state index in [0.717, 1.165) is 50.1 Å². The Kier molecular flexibility index (Phi) is 11.5. The molecule has 1 amide bonds. The van der Waals surface area contributed by atoms with E-state index < -0.39 is 5.20 Å². The van der Waals surface area contributed by atoms with Gasteiger partial charge in [-0.15, -0.1) is 0 Å². The monoisotopic (exact) mass is 668 g/mol. The number of rotatable bonds is 2. The van der Waals surface area contributed by atoms with Crippen LogP contribution in [0.25, 0.3) is 54.9 Å². The van der Waals surface area contributed by atoms with Gasteiger partial charge in [0.05, 0.1) is 5.52 Å². The van der Waals surface area contributed by atoms with Crippen LogP contribution in [0.2, 0.25) is 0 Å². The average Bonchev–Trinajstić information content (AvgIpc) is 3.58. The first-order valence-corrected chi connectivity index (χ1v) is 17.1. The van der Waals surface area contributed by atoms with Crippen molar-refractivity contribution in [2.45, 2.75) is 28.7 Å². The highest BCUT2D eigenvalue weighted by atomic mass is 36.0. The lowest BCUT2D eigenvalue weighted by molar-refractivity contribution is -0.114. The molecule has 8 nitrogen and oxygen atoms in total. The van der Waals surface area contributed by atoms with E-state index in [0.29, 0.717) is 0 Å². The van der Waals surface area contributed by atoms with Gasteiger partial charge in [0.1, 0.15) is 11.3 Å². The van der Waals surface area contributed by atoms with Crippen LogP contribution < -0.4 is 5.32 Å². The summed E-state index contributed by atoms with van der Waals surface area (Å²) in [5.74, 6) is -0.0770. The van der Waals surface area contributed by atoms with E-state index in [1.165, 1.54) is 23.1 Å². The molecule has 0 unspecified atom stereocenters. The van der Waals surface area contributed by atoms with E-state index in [2.05, 4.69) is 77.2 Å². The van der Waals surface area contributed by atoms with Crippen LogP contribution in [0.15, 0.2) is 91.5 Å². The summed E-state index contributed by atoms with van der Waals surface area (Å²) in [5.41, 5.74) is 6.66. The summed E-state index contributed by atoms with van der Waals surface area (Å²) in [4.78, 5) is 31.0. The molecule has 0 fully saturated rings. The van der Waals surface area contributed by atoms with Crippen molar-refractivity contribution in [2.24, 2.45) is 0 Å². The van der Waals surface area contributed by atoms with Gasteiger partial charge in [0.25, 0.3) is 0 Å². The summed E-state index contributed by atoms with van der Waals surface area (Å²) in [7, 11) is 0. The second-order valence-corrected chi connectivity index (χ2v) is 15.9. The molecule has 0 saturated heterocycles. The Balaban J connectivity index is 0.000000201. The number of carbonyl (C=O) groups is 1. The second kappa shape index (κ2) is 14.7. The van der Waals surface area contributed by atoms with Crippen LogP contribution in [-0.4, -0.2) is 30.8 Å². The number of hydrogen-bond donors (Lipinski definition) is 3. The zero-order valence-electron chi connectivity index (χ0n) is 22.4. The quantitative estimate of drug-likeness (QED) is 0.158. The van der Waals surface area contributed by atoms with Crippen LogP contribution in [0.5, 0.6) is 0 Å². The third-order valence-corrected chi connectivity index (χ3v) is 6.43. The summed E-state index contributed by atoms with van der Waals surface area (Å²) in [6.07, 6.45) is 7.46. The molecule has 7 rings (SSSR count). The number of nitrogens with zero attached hydrogens (tertiary/aromatic N) is 3. The molecular weight excluding hydrogens is 638 g/mol. The minimum atomic E-state index is -3.22. The summed E-state index contributed by atoms with van der Waals surface area (Å²) in [6.45, 7) is 3.55. The van der Waals surface area contributed by atoms with Gasteiger partial charge < -0.3 is 15.3 Å². The van der Waals surface area contributed by atoms with Crippen LogP contribution in [0, 0.1) is 6.92 Å². The number of fused-ring (bicyclic) bond motifs is 3. The van der Waals surface area contributed by atoms with Crippen LogP contribution in [-0.2, 0) is 9.36 Å². The van der Waals surface area contributed by atoms with Crippen LogP contribution >= 0.6 is 38.9 Å². The van der Waals surface area contributed by atoms with Gasteiger partial charge in [-0.05, 0) is 81.9 Å². The number of H-pyrrole nitrogens is 2. The largest absolute Gasteiger partial charge is 0.346 e. The highest BCUT2D eigenvalue weighted by Gasteiger charge is 2.11. The molecule has 0 bridgehead atoms. The summed E-state index contributed by atoms with van der Waals surface area (Å²) >= 11 is 13.8. The number of anilines is 1. The van der Waals surface area contributed by atoms with Crippen molar-refractivity contribution in [3.8, 4) is 11.1 Å². The number of nitrogens with one attached hydrogen (secondary N) is 3. The molecule has 0 spiro atoms. The topological polar surface area (TPSA) is 116 Å². The van der Waals surface area contributed by atoms with Crippen molar-refractivity contribution >= 4 is 94.3 Å². The fourth-order valence-electron chi connectivity index (χ4n) is 4.81. The third kappa shape index (κ3) is 7.96. The fraction of sp³-hybridized carbons (Fsp3) is 0.125. The molecule has 44 heavy (non-hydrogen) atoms. The molecule has 228 valence electrons. The van der Waals surface area contributed by atoms with E-state index in [1.807, 2.05) is 74.0 Å². The Hall–Kier alpha value is -3.94. The van der Waals surface area contributed by atoms with Crippen molar-refractivity contribution in [3.63, 3.8) is 0 Å². The molecule has 5 aromatic heterocycles. The number of benzene rings is 2. The van der Waals surface area contributed by atoms with Gasteiger partial charge in [0, 0.05) is 70.2 Å².